The molecular formula is C19H25F3N4O2. The summed E-state index contributed by atoms with van der Waals surface area (Å²) in [7, 11) is 0. The number of aliphatic hydroxyl groups is 1. The number of aliphatic hydroxyl groups excluding tert-OH is 1. The maximum atomic E-state index is 12.8. The van der Waals surface area contributed by atoms with Crippen LogP contribution in [0.5, 0.6) is 0 Å². The van der Waals surface area contributed by atoms with E-state index in [1.165, 1.54) is 6.07 Å². The van der Waals surface area contributed by atoms with Crippen molar-refractivity contribution in [3.8, 4) is 0 Å². The molecule has 0 aliphatic carbocycles. The quantitative estimate of drug-likeness (QED) is 0.804. The molecule has 3 aliphatic heterocycles. The third kappa shape index (κ3) is 3.90. The Morgan fingerprint density at radius 3 is 2.50 bits per heavy atom. The van der Waals surface area contributed by atoms with E-state index in [1.54, 1.807) is 0 Å². The zero-order valence-corrected chi connectivity index (χ0v) is 15.5. The summed E-state index contributed by atoms with van der Waals surface area (Å²) in [5.74, 6) is 0.494. The monoisotopic (exact) mass is 398 g/mol. The number of nitrogens with zero attached hydrogens (tertiary/aromatic N) is 3. The third-order valence-electron chi connectivity index (χ3n) is 6.09. The predicted molar refractivity (Wildman–Crippen MR) is 96.9 cm³/mol. The number of carbonyl (C=O) groups is 1. The molecule has 2 unspecified atom stereocenters. The number of fused-ring (bicyclic) bond motifs is 2. The van der Waals surface area contributed by atoms with Crippen LogP contribution in [0, 0.1) is 0 Å². The summed E-state index contributed by atoms with van der Waals surface area (Å²) in [4.78, 5) is 20.6. The van der Waals surface area contributed by atoms with Crippen LogP contribution in [0.4, 0.5) is 23.8 Å². The molecule has 1 aromatic rings. The summed E-state index contributed by atoms with van der Waals surface area (Å²) in [6.07, 6.45) is 0.931. The van der Waals surface area contributed by atoms with Crippen LogP contribution in [0.25, 0.3) is 0 Å². The summed E-state index contributed by atoms with van der Waals surface area (Å²) in [6.45, 7) is 1.22. The second-order valence-corrected chi connectivity index (χ2v) is 8.05. The van der Waals surface area contributed by atoms with Crippen LogP contribution in [0.2, 0.25) is 0 Å². The molecule has 154 valence electrons. The zero-order chi connectivity index (χ0) is 19.9. The van der Waals surface area contributed by atoms with Gasteiger partial charge in [-0.1, -0.05) is 0 Å². The molecule has 9 heteroatoms. The lowest BCUT2D eigenvalue weighted by atomic mass is 10.00. The molecule has 2 bridgehead atoms. The Morgan fingerprint density at radius 1 is 1.18 bits per heavy atom. The molecule has 28 heavy (non-hydrogen) atoms. The van der Waals surface area contributed by atoms with Gasteiger partial charge in [-0.25, -0.2) is 9.78 Å². The number of urea groups is 1. The Balaban J connectivity index is 1.37. The fourth-order valence-corrected chi connectivity index (χ4v) is 4.77. The topological polar surface area (TPSA) is 68.7 Å². The van der Waals surface area contributed by atoms with Crippen molar-refractivity contribution in [2.24, 2.45) is 0 Å². The number of hydrogen-bond donors (Lipinski definition) is 2. The molecule has 3 saturated heterocycles. The van der Waals surface area contributed by atoms with Gasteiger partial charge in [0.25, 0.3) is 0 Å². The highest BCUT2D eigenvalue weighted by atomic mass is 19.4. The number of piperidine rings is 2. The normalized spacial score (nSPS) is 30.4. The van der Waals surface area contributed by atoms with E-state index < -0.39 is 11.7 Å². The third-order valence-corrected chi connectivity index (χ3v) is 6.09. The fourth-order valence-electron chi connectivity index (χ4n) is 4.77. The van der Waals surface area contributed by atoms with Gasteiger partial charge in [0, 0.05) is 37.4 Å². The van der Waals surface area contributed by atoms with E-state index in [9.17, 15) is 23.1 Å². The first-order valence-corrected chi connectivity index (χ1v) is 9.86. The number of aromatic nitrogens is 1. The van der Waals surface area contributed by atoms with Crippen LogP contribution < -0.4 is 10.2 Å². The largest absolute Gasteiger partial charge is 0.417 e. The van der Waals surface area contributed by atoms with E-state index in [4.69, 9.17) is 0 Å². The lowest BCUT2D eigenvalue weighted by Gasteiger charge is -2.39. The molecule has 6 nitrogen and oxygen atoms in total. The van der Waals surface area contributed by atoms with E-state index in [2.05, 4.69) is 10.3 Å². The molecule has 4 heterocycles. The van der Waals surface area contributed by atoms with Gasteiger partial charge in [0.05, 0.1) is 11.7 Å². The zero-order valence-electron chi connectivity index (χ0n) is 15.5. The molecule has 0 spiro atoms. The Hall–Kier alpha value is -2.03. The molecule has 3 aliphatic rings. The van der Waals surface area contributed by atoms with Crippen LogP contribution in [0.15, 0.2) is 18.3 Å². The number of anilines is 1. The second kappa shape index (κ2) is 7.42. The minimum Gasteiger partial charge on any atom is -0.393 e. The Bertz CT molecular complexity index is 698. The predicted octanol–water partition coefficient (Wildman–Crippen LogP) is 2.77. The number of rotatable bonds is 2. The van der Waals surface area contributed by atoms with E-state index in [-0.39, 0.29) is 30.3 Å². The first-order chi connectivity index (χ1) is 13.3. The number of halogens is 3. The Kier molecular flexibility index (Phi) is 5.11. The van der Waals surface area contributed by atoms with Crippen LogP contribution in [-0.4, -0.2) is 58.3 Å². The second-order valence-electron chi connectivity index (χ2n) is 8.05. The fraction of sp³-hybridized carbons (Fsp3) is 0.684. The van der Waals surface area contributed by atoms with E-state index >= 15 is 0 Å². The maximum absolute atomic E-state index is 12.8. The molecule has 0 radical (unpaired) electrons. The highest BCUT2D eigenvalue weighted by Crippen LogP contribution is 2.36. The van der Waals surface area contributed by atoms with Gasteiger partial charge in [-0.05, 0) is 50.7 Å². The molecular weight excluding hydrogens is 373 g/mol. The highest BCUT2D eigenvalue weighted by molar-refractivity contribution is 5.76. The number of pyridine rings is 1. The van der Waals surface area contributed by atoms with Gasteiger partial charge in [0.1, 0.15) is 5.82 Å². The van der Waals surface area contributed by atoms with Crippen molar-refractivity contribution in [1.29, 1.82) is 0 Å². The van der Waals surface area contributed by atoms with Crippen LogP contribution in [-0.2, 0) is 6.18 Å². The van der Waals surface area contributed by atoms with Crippen molar-refractivity contribution in [1.82, 2.24) is 15.2 Å². The molecule has 3 fully saturated rings. The smallest absolute Gasteiger partial charge is 0.393 e. The average Bonchev–Trinajstić information content (AvgIpc) is 2.93. The lowest BCUT2D eigenvalue weighted by Crippen LogP contribution is -2.56. The van der Waals surface area contributed by atoms with Crippen LogP contribution >= 0.6 is 0 Å². The summed E-state index contributed by atoms with van der Waals surface area (Å²) in [5, 5.41) is 13.0. The average molecular weight is 398 g/mol. The lowest BCUT2D eigenvalue weighted by molar-refractivity contribution is -0.137. The molecule has 3 atom stereocenters. The summed E-state index contributed by atoms with van der Waals surface area (Å²) < 4.78 is 38.1. The first kappa shape index (κ1) is 19.3. The van der Waals surface area contributed by atoms with Crippen LogP contribution in [0.3, 0.4) is 0 Å². The van der Waals surface area contributed by atoms with Crippen molar-refractivity contribution in [2.45, 2.75) is 68.9 Å². The Morgan fingerprint density at radius 2 is 1.89 bits per heavy atom. The Labute approximate surface area is 161 Å². The van der Waals surface area contributed by atoms with Gasteiger partial charge in [0.2, 0.25) is 0 Å². The highest BCUT2D eigenvalue weighted by Gasteiger charge is 2.43. The standard InChI is InChI=1S/C19H25F3N4O2/c20-19(21,22)12-3-6-17(23-10-12)25-7-1-2-13(11-25)24-18(28)26-14-4-5-15(26)9-16(27)8-14/h3,6,10,13-16,27H,1-2,4-5,7-9,11H2,(H,24,28)/t13-,14?,15?,16?/m0/s1. The van der Waals surface area contributed by atoms with Gasteiger partial charge >= 0.3 is 12.2 Å². The molecule has 0 saturated carbocycles. The first-order valence-electron chi connectivity index (χ1n) is 9.86. The van der Waals surface area contributed by atoms with E-state index in [0.717, 1.165) is 37.9 Å². The van der Waals surface area contributed by atoms with Gasteiger partial charge in [-0.2, -0.15) is 13.2 Å². The summed E-state index contributed by atoms with van der Waals surface area (Å²) in [5.41, 5.74) is -0.763. The number of alkyl halides is 3. The molecule has 0 aromatic carbocycles. The van der Waals surface area contributed by atoms with Gasteiger partial charge in [-0.3, -0.25) is 0 Å². The minimum atomic E-state index is -4.40. The SMILES string of the molecule is O=C(N[C@H]1CCCN(c2ccc(C(F)(F)F)cn2)C1)N1C2CCC1CC(O)C2. The molecule has 2 N–H and O–H groups in total. The number of hydrogen-bond acceptors (Lipinski definition) is 4. The molecule has 2 amide bonds. The number of nitrogens with one attached hydrogen (secondary N) is 1. The summed E-state index contributed by atoms with van der Waals surface area (Å²) in [6, 6.07) is 2.47. The maximum Gasteiger partial charge on any atom is 0.417 e. The number of carbonyl (C=O) groups excluding carboxylic acids is 1. The van der Waals surface area contributed by atoms with E-state index in [1.807, 2.05) is 9.80 Å². The number of amides is 2. The van der Waals surface area contributed by atoms with E-state index in [0.29, 0.717) is 31.7 Å². The van der Waals surface area contributed by atoms with Crippen molar-refractivity contribution in [3.05, 3.63) is 23.9 Å². The van der Waals surface area contributed by atoms with Crippen molar-refractivity contribution < 1.29 is 23.1 Å². The van der Waals surface area contributed by atoms with Crippen LogP contribution in [0.1, 0.15) is 44.1 Å². The van der Waals surface area contributed by atoms with Crippen molar-refractivity contribution in [3.63, 3.8) is 0 Å². The van der Waals surface area contributed by atoms with Gasteiger partial charge < -0.3 is 20.2 Å². The molecule has 1 aromatic heterocycles. The summed E-state index contributed by atoms with van der Waals surface area (Å²) >= 11 is 0. The van der Waals surface area contributed by atoms with Crippen molar-refractivity contribution >= 4 is 11.8 Å². The van der Waals surface area contributed by atoms with Gasteiger partial charge in [-0.15, -0.1) is 0 Å². The van der Waals surface area contributed by atoms with Gasteiger partial charge in [0.15, 0.2) is 0 Å². The molecule has 4 rings (SSSR count). The van der Waals surface area contributed by atoms with Crippen molar-refractivity contribution in [2.75, 3.05) is 18.0 Å². The minimum absolute atomic E-state index is 0.0726.